The summed E-state index contributed by atoms with van der Waals surface area (Å²) in [6.45, 7) is 6.56. The van der Waals surface area contributed by atoms with Crippen molar-refractivity contribution in [3.63, 3.8) is 0 Å². The Hall–Kier alpha value is -2.33. The fourth-order valence-corrected chi connectivity index (χ4v) is 3.04. The maximum absolute atomic E-state index is 11.4. The number of carboxylic acid groups (broad SMARTS) is 2. The van der Waals surface area contributed by atoms with Gasteiger partial charge in [0.05, 0.1) is 13.2 Å². The Morgan fingerprint density at radius 2 is 1.59 bits per heavy atom. The molecule has 1 aliphatic rings. The molecular weight excluding hydrogens is 502 g/mol. The van der Waals surface area contributed by atoms with Gasteiger partial charge in [0.1, 0.15) is 0 Å². The number of carbonyl (C=O) groups is 4. The third-order valence-electron chi connectivity index (χ3n) is 3.49. The number of ether oxygens (including phenoxy) is 1. The van der Waals surface area contributed by atoms with Gasteiger partial charge >= 0.3 is 30.3 Å². The second-order valence-electron chi connectivity index (χ2n) is 6.45. The van der Waals surface area contributed by atoms with Gasteiger partial charge in [-0.15, -0.1) is 0 Å². The summed E-state index contributed by atoms with van der Waals surface area (Å²) in [7, 11) is 1.89. The number of nitrogens with zero attached hydrogens (tertiary/aromatic N) is 1. The number of rotatable bonds is 6. The molecule has 1 rings (SSSR count). The quantitative estimate of drug-likeness (QED) is 0.268. The molecule has 1 heterocycles. The van der Waals surface area contributed by atoms with Crippen molar-refractivity contribution in [3.8, 4) is 0 Å². The second-order valence-corrected chi connectivity index (χ2v) is 7.83. The largest absolute Gasteiger partial charge is 0.490 e. The summed E-state index contributed by atoms with van der Waals surface area (Å²) in [6, 6.07) is 0. The summed E-state index contributed by atoms with van der Waals surface area (Å²) in [5.74, 6) is -5.72. The minimum absolute atomic E-state index is 0.155. The number of carboxylic acids is 2. The van der Waals surface area contributed by atoms with Crippen molar-refractivity contribution in [2.45, 2.75) is 37.9 Å². The van der Waals surface area contributed by atoms with Gasteiger partial charge in [-0.25, -0.2) is 9.59 Å². The van der Waals surface area contributed by atoms with Crippen molar-refractivity contribution >= 4 is 34.8 Å². The molecular formula is C18H26F6N2O7S. The molecule has 1 aliphatic heterocycles. The topological polar surface area (TPSA) is 133 Å². The maximum atomic E-state index is 11.4. The maximum Gasteiger partial charge on any atom is 0.490 e. The third-order valence-corrected chi connectivity index (χ3v) is 4.64. The smallest absolute Gasteiger partial charge is 0.475 e. The Kier molecular flexibility index (Phi) is 16.2. The van der Waals surface area contributed by atoms with Crippen LogP contribution in [-0.2, 0) is 23.9 Å². The molecule has 0 radical (unpaired) electrons. The van der Waals surface area contributed by atoms with Crippen molar-refractivity contribution in [3.05, 3.63) is 11.6 Å². The summed E-state index contributed by atoms with van der Waals surface area (Å²) in [4.78, 5) is 42.3. The molecule has 0 aliphatic carbocycles. The van der Waals surface area contributed by atoms with Crippen LogP contribution in [0.15, 0.2) is 11.6 Å². The van der Waals surface area contributed by atoms with Gasteiger partial charge in [-0.3, -0.25) is 14.5 Å². The van der Waals surface area contributed by atoms with Gasteiger partial charge in [-0.1, -0.05) is 17.8 Å². The normalized spacial score (nSPS) is 17.1. The highest BCUT2D eigenvalue weighted by Gasteiger charge is 2.38. The number of halogens is 6. The number of hydrogen-bond acceptors (Lipinski definition) is 8. The van der Waals surface area contributed by atoms with Gasteiger partial charge in [0.25, 0.3) is 0 Å². The van der Waals surface area contributed by atoms with Gasteiger partial charge in [-0.05, 0) is 32.5 Å². The molecule has 1 fully saturated rings. The number of carbonyl (C=O) groups excluding carboxylic acids is 2. The number of likely N-dealkylation sites (N-methyl/N-ethyl adjacent to an activating group) is 1. The number of aliphatic carboxylic acids is 2. The van der Waals surface area contributed by atoms with Gasteiger partial charge in [-0.2, -0.15) is 26.3 Å². The molecule has 34 heavy (non-hydrogen) atoms. The fraction of sp³-hybridized carbons (Fsp3) is 0.667. The van der Waals surface area contributed by atoms with Crippen LogP contribution in [-0.4, -0.2) is 95.6 Å². The van der Waals surface area contributed by atoms with E-state index >= 15 is 0 Å². The highest BCUT2D eigenvalue weighted by atomic mass is 32.2. The van der Waals surface area contributed by atoms with Gasteiger partial charge in [0.2, 0.25) is 0 Å². The van der Waals surface area contributed by atoms with E-state index in [1.807, 2.05) is 11.9 Å². The van der Waals surface area contributed by atoms with Crippen LogP contribution < -0.4 is 5.32 Å². The first-order chi connectivity index (χ1) is 15.4. The predicted molar refractivity (Wildman–Crippen MR) is 109 cm³/mol. The molecule has 9 nitrogen and oxygen atoms in total. The van der Waals surface area contributed by atoms with E-state index in [0.29, 0.717) is 13.2 Å². The highest BCUT2D eigenvalue weighted by molar-refractivity contribution is 8.14. The van der Waals surface area contributed by atoms with E-state index in [-0.39, 0.29) is 22.9 Å². The second kappa shape index (κ2) is 16.3. The minimum Gasteiger partial charge on any atom is -0.475 e. The lowest BCUT2D eigenvalue weighted by molar-refractivity contribution is -0.193. The highest BCUT2D eigenvalue weighted by Crippen LogP contribution is 2.25. The number of alkyl halides is 6. The molecule has 0 aromatic heterocycles. The Morgan fingerprint density at radius 3 is 1.97 bits per heavy atom. The Morgan fingerprint density at radius 1 is 1.12 bits per heavy atom. The molecule has 1 unspecified atom stereocenters. The Bertz CT molecular complexity index is 690. The summed E-state index contributed by atoms with van der Waals surface area (Å²) in [5.41, 5.74) is 1.24. The van der Waals surface area contributed by atoms with E-state index in [1.165, 1.54) is 17.3 Å². The van der Waals surface area contributed by atoms with E-state index in [9.17, 15) is 35.9 Å². The Balaban J connectivity index is 0. The molecule has 0 saturated carbocycles. The van der Waals surface area contributed by atoms with E-state index in [1.54, 1.807) is 13.8 Å². The summed E-state index contributed by atoms with van der Waals surface area (Å²) >= 11 is 1.40. The van der Waals surface area contributed by atoms with Gasteiger partial charge in [0, 0.05) is 25.3 Å². The van der Waals surface area contributed by atoms with Crippen LogP contribution in [0.25, 0.3) is 0 Å². The molecule has 1 saturated heterocycles. The zero-order chi connectivity index (χ0) is 27.1. The van der Waals surface area contributed by atoms with Crippen LogP contribution in [0.4, 0.5) is 26.3 Å². The van der Waals surface area contributed by atoms with Crippen LogP contribution in [0.1, 0.15) is 20.3 Å². The standard InChI is InChI=1S/C14H24N2O3S.2C2HF3O2/c1-4-19-14(18)10-16(3)8-6-12-9-15-7-5-13(12)20-11(2)17;2*3-2(4,5)1(6)7/h6,13,15H,4-5,7-10H2,1-3H3;2*(H,6,7)/b12-6-;;. The summed E-state index contributed by atoms with van der Waals surface area (Å²) < 4.78 is 68.4. The monoisotopic (exact) mass is 528 g/mol. The average Bonchev–Trinajstić information content (AvgIpc) is 2.66. The lowest BCUT2D eigenvalue weighted by atomic mass is 10.1. The van der Waals surface area contributed by atoms with Crippen molar-refractivity contribution in [2.75, 3.05) is 39.8 Å². The van der Waals surface area contributed by atoms with Crippen molar-refractivity contribution in [2.24, 2.45) is 0 Å². The number of piperidine rings is 1. The first-order valence-corrected chi connectivity index (χ1v) is 10.3. The summed E-state index contributed by atoms with van der Waals surface area (Å²) in [6.07, 6.45) is -7.08. The average molecular weight is 528 g/mol. The van der Waals surface area contributed by atoms with Crippen LogP contribution >= 0.6 is 11.8 Å². The molecule has 1 atom stereocenters. The molecule has 0 aromatic carbocycles. The van der Waals surface area contributed by atoms with E-state index < -0.39 is 24.3 Å². The van der Waals surface area contributed by atoms with Crippen LogP contribution in [0.5, 0.6) is 0 Å². The van der Waals surface area contributed by atoms with Crippen molar-refractivity contribution in [1.82, 2.24) is 10.2 Å². The number of nitrogens with one attached hydrogen (secondary N) is 1. The predicted octanol–water partition coefficient (Wildman–Crippen LogP) is 2.32. The van der Waals surface area contributed by atoms with Gasteiger partial charge in [0.15, 0.2) is 5.12 Å². The minimum atomic E-state index is -5.08. The number of esters is 1. The van der Waals surface area contributed by atoms with Crippen molar-refractivity contribution in [1.29, 1.82) is 0 Å². The van der Waals surface area contributed by atoms with E-state index in [0.717, 1.165) is 19.5 Å². The molecule has 0 amide bonds. The van der Waals surface area contributed by atoms with Gasteiger partial charge < -0.3 is 20.3 Å². The molecule has 0 bridgehead atoms. The molecule has 16 heteroatoms. The van der Waals surface area contributed by atoms with Crippen LogP contribution in [0.2, 0.25) is 0 Å². The van der Waals surface area contributed by atoms with E-state index in [4.69, 9.17) is 24.5 Å². The lowest BCUT2D eigenvalue weighted by Gasteiger charge is -2.25. The van der Waals surface area contributed by atoms with Crippen LogP contribution in [0.3, 0.4) is 0 Å². The molecule has 198 valence electrons. The Labute approximate surface area is 195 Å². The van der Waals surface area contributed by atoms with Crippen molar-refractivity contribution < 1.29 is 60.5 Å². The SMILES string of the molecule is CCOC(=O)CN(C)C/C=C1/CNCCC1SC(C)=O.O=C(O)C(F)(F)F.O=C(O)C(F)(F)F. The fourth-order valence-electron chi connectivity index (χ4n) is 2.07. The first-order valence-electron chi connectivity index (χ1n) is 9.43. The zero-order valence-electron chi connectivity index (χ0n) is 18.5. The summed E-state index contributed by atoms with van der Waals surface area (Å²) in [5, 5.41) is 18.0. The number of thioether (sulfide) groups is 1. The lowest BCUT2D eigenvalue weighted by Crippen LogP contribution is -2.34. The van der Waals surface area contributed by atoms with Crippen LogP contribution in [0, 0.1) is 0 Å². The molecule has 3 N–H and O–H groups in total. The zero-order valence-corrected chi connectivity index (χ0v) is 19.3. The first kappa shape index (κ1) is 33.8. The molecule has 0 spiro atoms. The number of hydrogen-bond donors (Lipinski definition) is 3. The third kappa shape index (κ3) is 18.1. The van der Waals surface area contributed by atoms with E-state index in [2.05, 4.69) is 11.4 Å². The molecule has 0 aromatic rings.